The Bertz CT molecular complexity index is 1060. The summed E-state index contributed by atoms with van der Waals surface area (Å²) in [5.74, 6) is -1.88. The third-order valence-corrected chi connectivity index (χ3v) is 6.15. The Morgan fingerprint density at radius 2 is 1.78 bits per heavy atom. The second-order valence-corrected chi connectivity index (χ2v) is 7.94. The monoisotopic (exact) mass is 388 g/mol. The summed E-state index contributed by atoms with van der Waals surface area (Å²) in [7, 11) is -4.14. The van der Waals surface area contributed by atoms with Gasteiger partial charge in [-0.15, -0.1) is 0 Å². The number of sulfonamides is 1. The van der Waals surface area contributed by atoms with Gasteiger partial charge in [-0.25, -0.2) is 17.1 Å². The van der Waals surface area contributed by atoms with E-state index in [1.807, 2.05) is 0 Å². The molecule has 8 heteroatoms. The van der Waals surface area contributed by atoms with Crippen LogP contribution >= 0.6 is 0 Å². The maximum atomic E-state index is 13.2. The van der Waals surface area contributed by atoms with Gasteiger partial charge in [-0.2, -0.15) is 0 Å². The molecule has 6 nitrogen and oxygen atoms in total. The van der Waals surface area contributed by atoms with Crippen molar-refractivity contribution in [2.45, 2.75) is 13.8 Å². The summed E-state index contributed by atoms with van der Waals surface area (Å²) in [6.07, 6.45) is 0. The lowest BCUT2D eigenvalue weighted by Gasteiger charge is -2.17. The number of aryl methyl sites for hydroxylation is 1. The lowest BCUT2D eigenvalue weighted by Crippen LogP contribution is -2.38. The highest BCUT2D eigenvalue weighted by Gasteiger charge is 2.43. The molecule has 1 heterocycles. The molecule has 0 saturated heterocycles. The summed E-state index contributed by atoms with van der Waals surface area (Å²) in [6, 6.07) is 12.1. The molecule has 2 aromatic rings. The molecular weight excluding hydrogens is 371 g/mol. The van der Waals surface area contributed by atoms with Gasteiger partial charge < -0.3 is 5.32 Å². The van der Waals surface area contributed by atoms with E-state index in [1.165, 1.54) is 25.1 Å². The number of anilines is 1. The van der Waals surface area contributed by atoms with Gasteiger partial charge in [0.25, 0.3) is 15.9 Å². The van der Waals surface area contributed by atoms with Gasteiger partial charge in [-0.3, -0.25) is 9.59 Å². The maximum Gasteiger partial charge on any atom is 0.268 e. The zero-order chi connectivity index (χ0) is 19.8. The molecule has 0 unspecified atom stereocenters. The average molecular weight is 388 g/mol. The predicted octanol–water partition coefficient (Wildman–Crippen LogP) is 2.68. The molecule has 0 aromatic heterocycles. The fraction of sp³-hybridized carbons (Fsp3) is 0.158. The Kier molecular flexibility index (Phi) is 4.84. The SMILES string of the molecule is CC1=C(c2ccccc2)S(=O)(=O)N(CC(=O)Nc2ccc(F)cc2C)C1=O. The molecule has 0 fully saturated rings. The first kappa shape index (κ1) is 18.8. The van der Waals surface area contributed by atoms with Crippen LogP contribution in [0.3, 0.4) is 0 Å². The third kappa shape index (κ3) is 3.48. The second kappa shape index (κ2) is 6.96. The van der Waals surface area contributed by atoms with Crippen LogP contribution in [0.5, 0.6) is 0 Å². The largest absolute Gasteiger partial charge is 0.324 e. The van der Waals surface area contributed by atoms with E-state index in [2.05, 4.69) is 5.32 Å². The number of hydrogen-bond acceptors (Lipinski definition) is 4. The highest BCUT2D eigenvalue weighted by atomic mass is 32.2. The fourth-order valence-corrected chi connectivity index (χ4v) is 4.67. The third-order valence-electron chi connectivity index (χ3n) is 4.22. The van der Waals surface area contributed by atoms with Gasteiger partial charge >= 0.3 is 0 Å². The molecule has 140 valence electrons. The Morgan fingerprint density at radius 1 is 1.11 bits per heavy atom. The minimum absolute atomic E-state index is 0.0620. The lowest BCUT2D eigenvalue weighted by atomic mass is 10.1. The molecule has 1 N–H and O–H groups in total. The standard InChI is InChI=1S/C19H17FN2O4S/c1-12-10-15(20)8-9-16(12)21-17(23)11-22-19(24)13(2)18(27(22,25)26)14-6-4-3-5-7-14/h3-10H,11H2,1-2H3,(H,21,23). The van der Waals surface area contributed by atoms with Crippen molar-refractivity contribution in [1.82, 2.24) is 4.31 Å². The minimum Gasteiger partial charge on any atom is -0.324 e. The molecule has 2 aromatic carbocycles. The molecule has 0 atom stereocenters. The molecule has 1 aliphatic heterocycles. The topological polar surface area (TPSA) is 83.6 Å². The first-order valence-corrected chi connectivity index (χ1v) is 9.55. The summed E-state index contributed by atoms with van der Waals surface area (Å²) in [4.78, 5) is 24.7. The van der Waals surface area contributed by atoms with Crippen molar-refractivity contribution in [3.63, 3.8) is 0 Å². The van der Waals surface area contributed by atoms with E-state index in [4.69, 9.17) is 0 Å². The van der Waals surface area contributed by atoms with E-state index in [1.54, 1.807) is 37.3 Å². The molecule has 0 saturated carbocycles. The summed E-state index contributed by atoms with van der Waals surface area (Å²) in [5, 5.41) is 2.51. The number of nitrogens with zero attached hydrogens (tertiary/aromatic N) is 1. The van der Waals surface area contributed by atoms with E-state index in [0.717, 1.165) is 0 Å². The molecule has 0 bridgehead atoms. The van der Waals surface area contributed by atoms with E-state index in [0.29, 0.717) is 21.1 Å². The Hall–Kier alpha value is -3.00. The fourth-order valence-electron chi connectivity index (χ4n) is 2.90. The molecule has 0 radical (unpaired) electrons. The van der Waals surface area contributed by atoms with E-state index in [-0.39, 0.29) is 10.5 Å². The number of carbonyl (C=O) groups excluding carboxylic acids is 2. The van der Waals surface area contributed by atoms with Crippen molar-refractivity contribution in [2.75, 3.05) is 11.9 Å². The smallest absolute Gasteiger partial charge is 0.268 e. The number of benzene rings is 2. The van der Waals surface area contributed by atoms with Crippen molar-refractivity contribution < 1.29 is 22.4 Å². The van der Waals surface area contributed by atoms with Crippen molar-refractivity contribution >= 4 is 32.4 Å². The molecule has 2 amide bonds. The van der Waals surface area contributed by atoms with E-state index < -0.39 is 34.2 Å². The molecular formula is C19H17FN2O4S. The van der Waals surface area contributed by atoms with Crippen molar-refractivity contribution in [2.24, 2.45) is 0 Å². The zero-order valence-electron chi connectivity index (χ0n) is 14.7. The number of halogens is 1. The van der Waals surface area contributed by atoms with Crippen LogP contribution in [0, 0.1) is 12.7 Å². The number of rotatable bonds is 4. The Labute approximate surface area is 156 Å². The molecule has 0 spiro atoms. The quantitative estimate of drug-likeness (QED) is 0.873. The predicted molar refractivity (Wildman–Crippen MR) is 99.4 cm³/mol. The summed E-state index contributed by atoms with van der Waals surface area (Å²) in [5.41, 5.74) is 1.28. The molecule has 3 rings (SSSR count). The van der Waals surface area contributed by atoms with Gasteiger partial charge in [0.15, 0.2) is 0 Å². The molecule has 27 heavy (non-hydrogen) atoms. The van der Waals surface area contributed by atoms with Gasteiger partial charge in [0.1, 0.15) is 17.3 Å². The van der Waals surface area contributed by atoms with Crippen LogP contribution in [0.2, 0.25) is 0 Å². The van der Waals surface area contributed by atoms with Crippen LogP contribution in [-0.4, -0.2) is 31.1 Å². The molecule has 0 aliphatic carbocycles. The minimum atomic E-state index is -4.14. The highest BCUT2D eigenvalue weighted by Crippen LogP contribution is 2.35. The van der Waals surface area contributed by atoms with Crippen LogP contribution in [0.4, 0.5) is 10.1 Å². The van der Waals surface area contributed by atoms with Crippen LogP contribution < -0.4 is 5.32 Å². The first-order chi connectivity index (χ1) is 12.7. The van der Waals surface area contributed by atoms with Gasteiger partial charge in [0, 0.05) is 11.3 Å². The number of hydrogen-bond donors (Lipinski definition) is 1. The highest BCUT2D eigenvalue weighted by molar-refractivity contribution is 7.99. The normalized spacial score (nSPS) is 16.0. The maximum absolute atomic E-state index is 13.2. The van der Waals surface area contributed by atoms with Crippen molar-refractivity contribution in [3.8, 4) is 0 Å². The van der Waals surface area contributed by atoms with Crippen LogP contribution in [0.15, 0.2) is 54.1 Å². The second-order valence-electron chi connectivity index (χ2n) is 6.14. The summed E-state index contributed by atoms with van der Waals surface area (Å²) < 4.78 is 39.4. The number of nitrogens with one attached hydrogen (secondary N) is 1. The van der Waals surface area contributed by atoms with Gasteiger partial charge in [-0.05, 0) is 43.2 Å². The Morgan fingerprint density at radius 3 is 2.41 bits per heavy atom. The number of carbonyl (C=O) groups is 2. The van der Waals surface area contributed by atoms with E-state index >= 15 is 0 Å². The first-order valence-electron chi connectivity index (χ1n) is 8.11. The van der Waals surface area contributed by atoms with Gasteiger partial charge in [0.05, 0.1) is 0 Å². The lowest BCUT2D eigenvalue weighted by molar-refractivity contribution is -0.126. The van der Waals surface area contributed by atoms with Crippen LogP contribution in [0.25, 0.3) is 4.91 Å². The summed E-state index contributed by atoms with van der Waals surface area (Å²) in [6.45, 7) is 2.37. The van der Waals surface area contributed by atoms with Gasteiger partial charge in [-0.1, -0.05) is 30.3 Å². The summed E-state index contributed by atoms with van der Waals surface area (Å²) >= 11 is 0. The van der Waals surface area contributed by atoms with Crippen molar-refractivity contribution in [3.05, 3.63) is 71.0 Å². The van der Waals surface area contributed by atoms with Crippen LogP contribution in [0.1, 0.15) is 18.1 Å². The molecule has 1 aliphatic rings. The number of amides is 2. The van der Waals surface area contributed by atoms with Crippen molar-refractivity contribution in [1.29, 1.82) is 0 Å². The zero-order valence-corrected chi connectivity index (χ0v) is 15.5. The van der Waals surface area contributed by atoms with Gasteiger partial charge in [0.2, 0.25) is 5.91 Å². The average Bonchev–Trinajstić information content (AvgIpc) is 2.78. The Balaban J connectivity index is 1.84. The van der Waals surface area contributed by atoms with Crippen LogP contribution in [-0.2, 0) is 19.6 Å². The van der Waals surface area contributed by atoms with E-state index in [9.17, 15) is 22.4 Å².